The molecule has 134 valence electrons. The molecule has 0 saturated carbocycles. The monoisotopic (exact) mass is 364 g/mol. The Morgan fingerprint density at radius 2 is 1.85 bits per heavy atom. The lowest BCUT2D eigenvalue weighted by Crippen LogP contribution is -2.13. The van der Waals surface area contributed by atoms with Gasteiger partial charge in [0.2, 0.25) is 5.82 Å². The van der Waals surface area contributed by atoms with Crippen LogP contribution in [0, 0.1) is 0 Å². The summed E-state index contributed by atoms with van der Waals surface area (Å²) < 4.78 is 41.5. The highest BCUT2D eigenvalue weighted by Gasteiger charge is 2.38. The summed E-state index contributed by atoms with van der Waals surface area (Å²) in [5, 5.41) is 8.66. The molecule has 11 heteroatoms. The standard InChI is InChI=1S/C15H11F3N6O2/c1-19-9-4-2-8(3-5-9)13(25)22-11-7-20-10(6-21-11)12-23-14(26-24-12)15(16,17)18/h2-7,19H,1H3,(H,21,22,25). The first kappa shape index (κ1) is 17.3. The maximum Gasteiger partial charge on any atom is 0.471 e. The van der Waals surface area contributed by atoms with Gasteiger partial charge in [0.15, 0.2) is 5.82 Å². The van der Waals surface area contributed by atoms with E-state index in [1.807, 2.05) is 0 Å². The molecule has 0 aliphatic carbocycles. The van der Waals surface area contributed by atoms with Gasteiger partial charge in [-0.1, -0.05) is 5.16 Å². The van der Waals surface area contributed by atoms with Crippen LogP contribution in [0.25, 0.3) is 11.5 Å². The van der Waals surface area contributed by atoms with Crippen molar-refractivity contribution in [3.63, 3.8) is 0 Å². The van der Waals surface area contributed by atoms with Crippen molar-refractivity contribution in [2.75, 3.05) is 17.7 Å². The fourth-order valence-corrected chi connectivity index (χ4v) is 1.93. The predicted octanol–water partition coefficient (Wildman–Crippen LogP) is 2.84. The van der Waals surface area contributed by atoms with Gasteiger partial charge in [-0.25, -0.2) is 9.97 Å². The number of benzene rings is 1. The topological polar surface area (TPSA) is 106 Å². The smallest absolute Gasteiger partial charge is 0.388 e. The Kier molecular flexibility index (Phi) is 4.52. The number of hydrogen-bond acceptors (Lipinski definition) is 7. The quantitative estimate of drug-likeness (QED) is 0.733. The predicted molar refractivity (Wildman–Crippen MR) is 84.3 cm³/mol. The minimum absolute atomic E-state index is 0.0272. The van der Waals surface area contributed by atoms with Gasteiger partial charge in [-0.3, -0.25) is 4.79 Å². The molecular formula is C15H11F3N6O2. The van der Waals surface area contributed by atoms with Gasteiger partial charge in [0.25, 0.3) is 5.91 Å². The van der Waals surface area contributed by atoms with Gasteiger partial charge in [0.05, 0.1) is 12.4 Å². The van der Waals surface area contributed by atoms with Gasteiger partial charge in [-0.2, -0.15) is 18.2 Å². The fraction of sp³-hybridized carbons (Fsp3) is 0.133. The zero-order valence-electron chi connectivity index (χ0n) is 13.2. The number of carbonyl (C=O) groups excluding carboxylic acids is 1. The highest BCUT2D eigenvalue weighted by Crippen LogP contribution is 2.28. The molecule has 0 spiro atoms. The molecule has 2 N–H and O–H groups in total. The van der Waals surface area contributed by atoms with E-state index in [1.165, 1.54) is 6.20 Å². The lowest BCUT2D eigenvalue weighted by molar-refractivity contribution is -0.159. The van der Waals surface area contributed by atoms with E-state index in [0.717, 1.165) is 11.9 Å². The van der Waals surface area contributed by atoms with Crippen LogP contribution < -0.4 is 10.6 Å². The Hall–Kier alpha value is -3.50. The first-order valence-corrected chi connectivity index (χ1v) is 7.19. The SMILES string of the molecule is CNc1ccc(C(=O)Nc2cnc(-c3noc(C(F)(F)F)n3)cn2)cc1. The summed E-state index contributed by atoms with van der Waals surface area (Å²) in [6.45, 7) is 0. The van der Waals surface area contributed by atoms with Gasteiger partial charge in [0, 0.05) is 18.3 Å². The molecule has 0 fully saturated rings. The average Bonchev–Trinajstić information content (AvgIpc) is 3.13. The molecule has 1 aromatic carbocycles. The zero-order chi connectivity index (χ0) is 18.7. The zero-order valence-corrected chi connectivity index (χ0v) is 13.2. The number of nitrogens with zero attached hydrogens (tertiary/aromatic N) is 4. The van der Waals surface area contributed by atoms with Gasteiger partial charge in [0.1, 0.15) is 5.69 Å². The molecule has 0 aliphatic rings. The highest BCUT2D eigenvalue weighted by molar-refractivity contribution is 6.03. The summed E-state index contributed by atoms with van der Waals surface area (Å²) in [5.74, 6) is -2.12. The summed E-state index contributed by atoms with van der Waals surface area (Å²) in [7, 11) is 1.76. The van der Waals surface area contributed by atoms with Crippen molar-refractivity contribution in [1.82, 2.24) is 20.1 Å². The Morgan fingerprint density at radius 3 is 2.38 bits per heavy atom. The van der Waals surface area contributed by atoms with Crippen molar-refractivity contribution >= 4 is 17.4 Å². The van der Waals surface area contributed by atoms with E-state index >= 15 is 0 Å². The van der Waals surface area contributed by atoms with Gasteiger partial charge < -0.3 is 15.2 Å². The Bertz CT molecular complexity index is 906. The van der Waals surface area contributed by atoms with Crippen molar-refractivity contribution in [3.8, 4) is 11.5 Å². The van der Waals surface area contributed by atoms with E-state index < -0.39 is 18.0 Å². The maximum atomic E-state index is 12.4. The molecule has 2 heterocycles. The average molecular weight is 364 g/mol. The minimum Gasteiger partial charge on any atom is -0.388 e. The number of halogens is 3. The van der Waals surface area contributed by atoms with Crippen molar-refractivity contribution in [1.29, 1.82) is 0 Å². The molecule has 0 saturated heterocycles. The molecule has 8 nitrogen and oxygen atoms in total. The number of hydrogen-bond donors (Lipinski definition) is 2. The third-order valence-electron chi connectivity index (χ3n) is 3.23. The first-order chi connectivity index (χ1) is 12.4. The van der Waals surface area contributed by atoms with Crippen LogP contribution in [0.2, 0.25) is 0 Å². The maximum absolute atomic E-state index is 12.4. The molecule has 0 aliphatic heterocycles. The lowest BCUT2D eigenvalue weighted by atomic mass is 10.2. The van der Waals surface area contributed by atoms with E-state index in [2.05, 4.69) is 35.3 Å². The molecule has 0 atom stereocenters. The van der Waals surface area contributed by atoms with E-state index in [-0.39, 0.29) is 17.3 Å². The molecule has 3 aromatic rings. The Labute approximate surface area is 144 Å². The van der Waals surface area contributed by atoms with Crippen LogP contribution in [0.3, 0.4) is 0 Å². The third-order valence-corrected chi connectivity index (χ3v) is 3.23. The summed E-state index contributed by atoms with van der Waals surface area (Å²) in [5.41, 5.74) is 1.23. The number of aromatic nitrogens is 4. The molecule has 0 unspecified atom stereocenters. The second kappa shape index (κ2) is 6.78. The number of carbonyl (C=O) groups is 1. The number of alkyl halides is 3. The minimum atomic E-state index is -4.74. The summed E-state index contributed by atoms with van der Waals surface area (Å²) in [6.07, 6.45) is -2.43. The molecule has 2 aromatic heterocycles. The van der Waals surface area contributed by atoms with Crippen LogP contribution in [0.4, 0.5) is 24.7 Å². The van der Waals surface area contributed by atoms with Crippen LogP contribution in [-0.4, -0.2) is 33.1 Å². The van der Waals surface area contributed by atoms with Gasteiger partial charge in [-0.05, 0) is 24.3 Å². The van der Waals surface area contributed by atoms with Crippen molar-refractivity contribution in [2.24, 2.45) is 0 Å². The third kappa shape index (κ3) is 3.77. The molecule has 3 rings (SSSR count). The van der Waals surface area contributed by atoms with Gasteiger partial charge >= 0.3 is 12.1 Å². The van der Waals surface area contributed by atoms with Crippen molar-refractivity contribution in [3.05, 3.63) is 48.1 Å². The van der Waals surface area contributed by atoms with Crippen molar-refractivity contribution < 1.29 is 22.5 Å². The largest absolute Gasteiger partial charge is 0.471 e. The number of rotatable bonds is 4. The second-order valence-electron chi connectivity index (χ2n) is 4.99. The number of amides is 1. The Morgan fingerprint density at radius 1 is 1.12 bits per heavy atom. The second-order valence-corrected chi connectivity index (χ2v) is 4.99. The van der Waals surface area contributed by atoms with Gasteiger partial charge in [-0.15, -0.1) is 0 Å². The molecule has 1 amide bonds. The van der Waals surface area contributed by atoms with Crippen LogP contribution in [0.15, 0.2) is 41.2 Å². The highest BCUT2D eigenvalue weighted by atomic mass is 19.4. The molecule has 0 bridgehead atoms. The number of anilines is 2. The first-order valence-electron chi connectivity index (χ1n) is 7.19. The fourth-order valence-electron chi connectivity index (χ4n) is 1.93. The summed E-state index contributed by atoms with van der Waals surface area (Å²) in [6, 6.07) is 6.72. The van der Waals surface area contributed by atoms with Crippen LogP contribution in [0.5, 0.6) is 0 Å². The van der Waals surface area contributed by atoms with Crippen LogP contribution in [-0.2, 0) is 6.18 Å². The summed E-state index contributed by atoms with van der Waals surface area (Å²) >= 11 is 0. The van der Waals surface area contributed by atoms with E-state index in [1.54, 1.807) is 31.3 Å². The molecule has 26 heavy (non-hydrogen) atoms. The number of nitrogens with one attached hydrogen (secondary N) is 2. The molecule has 0 radical (unpaired) electrons. The van der Waals surface area contributed by atoms with Crippen LogP contribution in [0.1, 0.15) is 16.2 Å². The molecular weight excluding hydrogens is 353 g/mol. The lowest BCUT2D eigenvalue weighted by Gasteiger charge is -2.05. The van der Waals surface area contributed by atoms with E-state index in [4.69, 9.17) is 0 Å². The van der Waals surface area contributed by atoms with Crippen LogP contribution >= 0.6 is 0 Å². The summed E-state index contributed by atoms with van der Waals surface area (Å²) in [4.78, 5) is 23.1. The Balaban J connectivity index is 1.71. The normalized spacial score (nSPS) is 11.2. The van der Waals surface area contributed by atoms with E-state index in [0.29, 0.717) is 5.56 Å². The van der Waals surface area contributed by atoms with Crippen molar-refractivity contribution in [2.45, 2.75) is 6.18 Å². The van der Waals surface area contributed by atoms with E-state index in [9.17, 15) is 18.0 Å².